The first-order valence-electron chi connectivity index (χ1n) is 8.73. The SMILES string of the molecule is COC(=O)C1=C(C(=O)OC)N(c2c(-c3ccccc3O)ccc(C)c2Br)COC1. The number of hydrogen-bond acceptors (Lipinski definition) is 7. The normalized spacial score (nSPS) is 14.0. The molecule has 7 nitrogen and oxygen atoms in total. The quantitative estimate of drug-likeness (QED) is 0.696. The zero-order valence-electron chi connectivity index (χ0n) is 16.2. The summed E-state index contributed by atoms with van der Waals surface area (Å²) in [4.78, 5) is 26.5. The highest BCUT2D eigenvalue weighted by molar-refractivity contribution is 9.10. The van der Waals surface area contributed by atoms with Crippen molar-refractivity contribution in [3.63, 3.8) is 0 Å². The van der Waals surface area contributed by atoms with E-state index in [1.165, 1.54) is 14.2 Å². The van der Waals surface area contributed by atoms with Crippen LogP contribution in [0.15, 0.2) is 52.1 Å². The fourth-order valence-electron chi connectivity index (χ4n) is 3.17. The molecule has 0 saturated heterocycles. The van der Waals surface area contributed by atoms with E-state index in [4.69, 9.17) is 14.2 Å². The summed E-state index contributed by atoms with van der Waals surface area (Å²) in [6.45, 7) is 1.83. The molecule has 1 aliphatic rings. The molecule has 0 bridgehead atoms. The molecule has 0 aliphatic carbocycles. The van der Waals surface area contributed by atoms with Gasteiger partial charge in [-0.05, 0) is 34.5 Å². The number of methoxy groups -OCH3 is 2. The number of anilines is 1. The van der Waals surface area contributed by atoms with Gasteiger partial charge in [-0.2, -0.15) is 0 Å². The summed E-state index contributed by atoms with van der Waals surface area (Å²) in [5.41, 5.74) is 2.77. The number of phenols is 1. The summed E-state index contributed by atoms with van der Waals surface area (Å²) in [6.07, 6.45) is 0. The third kappa shape index (κ3) is 3.86. The standard InChI is InChI=1S/C21H20BrNO6/c1-12-8-9-14(13-6-4-5-7-16(13)24)18(17(12)22)23-11-29-10-15(20(25)27-2)19(23)21(26)28-3/h4-9,24H,10-11H2,1-3H3. The van der Waals surface area contributed by atoms with Crippen LogP contribution in [0.5, 0.6) is 5.75 Å². The minimum atomic E-state index is -0.690. The molecule has 1 N–H and O–H groups in total. The number of carbonyl (C=O) groups is 2. The highest BCUT2D eigenvalue weighted by atomic mass is 79.9. The number of phenolic OH excluding ortho intramolecular Hbond substituents is 1. The zero-order chi connectivity index (χ0) is 21.1. The smallest absolute Gasteiger partial charge is 0.355 e. The van der Waals surface area contributed by atoms with E-state index in [9.17, 15) is 14.7 Å². The maximum atomic E-state index is 12.6. The van der Waals surface area contributed by atoms with E-state index >= 15 is 0 Å². The lowest BCUT2D eigenvalue weighted by Gasteiger charge is -2.33. The van der Waals surface area contributed by atoms with Crippen molar-refractivity contribution in [3.05, 3.63) is 57.7 Å². The topological polar surface area (TPSA) is 85.3 Å². The molecule has 1 aliphatic heterocycles. The Morgan fingerprint density at radius 2 is 1.76 bits per heavy atom. The van der Waals surface area contributed by atoms with Crippen LogP contribution in [0, 0.1) is 6.92 Å². The molecule has 3 rings (SSSR count). The van der Waals surface area contributed by atoms with Crippen molar-refractivity contribution in [1.82, 2.24) is 0 Å². The molecule has 0 atom stereocenters. The van der Waals surface area contributed by atoms with Gasteiger partial charge in [0.25, 0.3) is 0 Å². The van der Waals surface area contributed by atoms with E-state index < -0.39 is 11.9 Å². The molecule has 1 heterocycles. The predicted octanol–water partition coefficient (Wildman–Crippen LogP) is 3.52. The first-order chi connectivity index (χ1) is 13.9. The number of para-hydroxylation sites is 1. The largest absolute Gasteiger partial charge is 0.507 e. The van der Waals surface area contributed by atoms with Gasteiger partial charge < -0.3 is 24.2 Å². The Balaban J connectivity index is 2.31. The third-order valence-corrected chi connectivity index (χ3v) is 5.61. The van der Waals surface area contributed by atoms with Gasteiger partial charge in [-0.25, -0.2) is 9.59 Å². The third-order valence-electron chi connectivity index (χ3n) is 4.61. The van der Waals surface area contributed by atoms with E-state index in [1.54, 1.807) is 29.2 Å². The van der Waals surface area contributed by atoms with Gasteiger partial charge >= 0.3 is 11.9 Å². The van der Waals surface area contributed by atoms with Gasteiger partial charge in [0.2, 0.25) is 0 Å². The van der Waals surface area contributed by atoms with Crippen molar-refractivity contribution >= 4 is 33.6 Å². The number of esters is 2. The second-order valence-corrected chi connectivity index (χ2v) is 7.12. The van der Waals surface area contributed by atoms with Crippen molar-refractivity contribution in [1.29, 1.82) is 0 Å². The summed E-state index contributed by atoms with van der Waals surface area (Å²) in [5, 5.41) is 10.4. The molecular formula is C21H20BrNO6. The molecule has 0 fully saturated rings. The molecule has 0 spiro atoms. The van der Waals surface area contributed by atoms with Crippen LogP contribution in [0.1, 0.15) is 5.56 Å². The average molecular weight is 462 g/mol. The van der Waals surface area contributed by atoms with Crippen LogP contribution in [0.3, 0.4) is 0 Å². The van der Waals surface area contributed by atoms with Gasteiger partial charge in [-0.1, -0.05) is 30.3 Å². The summed E-state index contributed by atoms with van der Waals surface area (Å²) in [6, 6.07) is 10.6. The zero-order valence-corrected chi connectivity index (χ0v) is 17.8. The lowest BCUT2D eigenvalue weighted by molar-refractivity contribution is -0.140. The van der Waals surface area contributed by atoms with E-state index in [0.29, 0.717) is 21.3 Å². The molecule has 2 aromatic rings. The number of carbonyl (C=O) groups excluding carboxylic acids is 2. The first kappa shape index (κ1) is 20.9. The fourth-order valence-corrected chi connectivity index (χ4v) is 3.73. The summed E-state index contributed by atoms with van der Waals surface area (Å²) in [5.74, 6) is -1.28. The molecule has 0 unspecified atom stereocenters. The van der Waals surface area contributed by atoms with Crippen molar-refractivity contribution in [2.24, 2.45) is 0 Å². The second kappa shape index (κ2) is 8.67. The Bertz CT molecular complexity index is 1000. The lowest BCUT2D eigenvalue weighted by atomic mass is 9.99. The van der Waals surface area contributed by atoms with Gasteiger partial charge in [0.05, 0.1) is 32.1 Å². The van der Waals surface area contributed by atoms with Crippen LogP contribution in [-0.2, 0) is 23.8 Å². The molecule has 0 amide bonds. The van der Waals surface area contributed by atoms with Crippen molar-refractivity contribution in [2.75, 3.05) is 32.5 Å². The van der Waals surface area contributed by atoms with Crippen LogP contribution in [0.25, 0.3) is 11.1 Å². The van der Waals surface area contributed by atoms with Gasteiger partial charge in [0.1, 0.15) is 18.2 Å². The van der Waals surface area contributed by atoms with Gasteiger partial charge in [0.15, 0.2) is 0 Å². The van der Waals surface area contributed by atoms with E-state index in [0.717, 1.165) is 5.56 Å². The van der Waals surface area contributed by atoms with Crippen molar-refractivity contribution in [3.8, 4) is 16.9 Å². The second-order valence-electron chi connectivity index (χ2n) is 6.33. The molecule has 152 valence electrons. The number of nitrogens with zero attached hydrogens (tertiary/aromatic N) is 1. The van der Waals surface area contributed by atoms with Crippen LogP contribution in [0.2, 0.25) is 0 Å². The molecule has 0 radical (unpaired) electrons. The average Bonchev–Trinajstić information content (AvgIpc) is 2.74. The van der Waals surface area contributed by atoms with Crippen molar-refractivity contribution in [2.45, 2.75) is 6.92 Å². The number of aryl methyl sites for hydroxylation is 1. The number of hydrogen-bond donors (Lipinski definition) is 1. The van der Waals surface area contributed by atoms with Gasteiger partial charge in [-0.15, -0.1) is 0 Å². The van der Waals surface area contributed by atoms with E-state index in [2.05, 4.69) is 15.9 Å². The minimum Gasteiger partial charge on any atom is -0.507 e. The maximum Gasteiger partial charge on any atom is 0.355 e. The number of halogens is 1. The highest BCUT2D eigenvalue weighted by Gasteiger charge is 2.34. The van der Waals surface area contributed by atoms with Crippen molar-refractivity contribution < 1.29 is 28.9 Å². The van der Waals surface area contributed by atoms with Gasteiger partial charge in [0, 0.05) is 15.6 Å². The van der Waals surface area contributed by atoms with Crippen LogP contribution in [0.4, 0.5) is 5.69 Å². The number of ether oxygens (including phenoxy) is 3. The molecule has 0 saturated carbocycles. The molecule has 29 heavy (non-hydrogen) atoms. The number of aromatic hydroxyl groups is 1. The Hall–Kier alpha value is -2.84. The van der Waals surface area contributed by atoms with Gasteiger partial charge in [-0.3, -0.25) is 0 Å². The Labute approximate surface area is 176 Å². The highest BCUT2D eigenvalue weighted by Crippen LogP contribution is 2.44. The summed E-state index contributed by atoms with van der Waals surface area (Å²) < 4.78 is 16.0. The first-order valence-corrected chi connectivity index (χ1v) is 9.52. The molecule has 8 heteroatoms. The Morgan fingerprint density at radius 3 is 2.41 bits per heavy atom. The minimum absolute atomic E-state index is 0.00752. The Morgan fingerprint density at radius 1 is 1.07 bits per heavy atom. The van der Waals surface area contributed by atoms with Crippen LogP contribution in [-0.4, -0.2) is 44.6 Å². The fraction of sp³-hybridized carbons (Fsp3) is 0.238. The lowest BCUT2D eigenvalue weighted by Crippen LogP contribution is -2.39. The molecule has 0 aromatic heterocycles. The maximum absolute atomic E-state index is 12.6. The summed E-state index contributed by atoms with van der Waals surface area (Å²) >= 11 is 3.59. The van der Waals surface area contributed by atoms with E-state index in [-0.39, 0.29) is 30.4 Å². The molecule has 2 aromatic carbocycles. The van der Waals surface area contributed by atoms with E-state index in [1.807, 2.05) is 19.1 Å². The monoisotopic (exact) mass is 461 g/mol. The number of benzene rings is 2. The molecular weight excluding hydrogens is 442 g/mol. The van der Waals surface area contributed by atoms with Crippen LogP contribution < -0.4 is 4.90 Å². The summed E-state index contributed by atoms with van der Waals surface area (Å²) in [7, 11) is 2.48. The van der Waals surface area contributed by atoms with Crippen LogP contribution >= 0.6 is 15.9 Å². The Kier molecular flexibility index (Phi) is 6.24. The number of rotatable bonds is 4. The predicted molar refractivity (Wildman–Crippen MR) is 110 cm³/mol.